The zero-order chi connectivity index (χ0) is 18.9. The second-order valence-corrected chi connectivity index (χ2v) is 7.78. The van der Waals surface area contributed by atoms with Gasteiger partial charge in [-0.15, -0.1) is 11.3 Å². The molecule has 0 aliphatic heterocycles. The van der Waals surface area contributed by atoms with E-state index in [1.165, 1.54) is 12.8 Å². The molecule has 7 heteroatoms. The van der Waals surface area contributed by atoms with Crippen LogP contribution in [-0.4, -0.2) is 35.1 Å². The molecule has 3 rings (SSSR count). The molecule has 0 amide bonds. The lowest BCUT2D eigenvalue weighted by molar-refractivity contribution is 0.199. The molecule has 0 spiro atoms. The average molecular weight is 388 g/mol. The fraction of sp³-hybridized carbons (Fsp3) is 0.550. The molecule has 0 unspecified atom stereocenters. The zero-order valence-corrected chi connectivity index (χ0v) is 17.0. The minimum Gasteiger partial charge on any atom is -0.474 e. The number of hydrogen-bond donors (Lipinski definition) is 2. The van der Waals surface area contributed by atoms with Gasteiger partial charge in [0.1, 0.15) is 6.10 Å². The van der Waals surface area contributed by atoms with Crippen LogP contribution < -0.4 is 15.4 Å². The van der Waals surface area contributed by atoms with Crippen LogP contribution in [0.5, 0.6) is 5.88 Å². The van der Waals surface area contributed by atoms with E-state index in [0.29, 0.717) is 12.6 Å². The first-order chi connectivity index (χ1) is 13.2. The Morgan fingerprint density at radius 3 is 2.93 bits per heavy atom. The van der Waals surface area contributed by atoms with Crippen LogP contribution in [-0.2, 0) is 13.0 Å². The third-order valence-corrected chi connectivity index (χ3v) is 5.34. The maximum absolute atomic E-state index is 6.11. The largest absolute Gasteiger partial charge is 0.474 e. The summed E-state index contributed by atoms with van der Waals surface area (Å²) in [6.45, 7) is 6.26. The zero-order valence-electron chi connectivity index (χ0n) is 16.2. The first-order valence-corrected chi connectivity index (χ1v) is 10.7. The van der Waals surface area contributed by atoms with Crippen LogP contribution in [0, 0.1) is 6.92 Å². The Morgan fingerprint density at radius 2 is 2.19 bits per heavy atom. The maximum Gasteiger partial charge on any atom is 0.218 e. The van der Waals surface area contributed by atoms with Gasteiger partial charge >= 0.3 is 0 Å². The molecule has 1 saturated carbocycles. The molecule has 1 aliphatic rings. The number of rotatable bonds is 8. The molecule has 0 saturated heterocycles. The monoisotopic (exact) mass is 387 g/mol. The van der Waals surface area contributed by atoms with Crippen molar-refractivity contribution in [2.24, 2.45) is 4.99 Å². The summed E-state index contributed by atoms with van der Waals surface area (Å²) >= 11 is 1.69. The molecule has 6 nitrogen and oxygen atoms in total. The van der Waals surface area contributed by atoms with E-state index in [1.54, 1.807) is 17.5 Å². The molecule has 2 aromatic rings. The number of thiazole rings is 1. The number of guanidine groups is 1. The Labute approximate surface area is 165 Å². The van der Waals surface area contributed by atoms with Gasteiger partial charge in [0.2, 0.25) is 5.88 Å². The number of aryl methyl sites for hydroxylation is 1. The summed E-state index contributed by atoms with van der Waals surface area (Å²) in [5.74, 6) is 1.53. The number of pyridine rings is 1. The third kappa shape index (κ3) is 6.20. The van der Waals surface area contributed by atoms with Crippen molar-refractivity contribution in [3.8, 4) is 5.88 Å². The van der Waals surface area contributed by atoms with Crippen molar-refractivity contribution in [1.82, 2.24) is 20.6 Å². The fourth-order valence-corrected chi connectivity index (χ4v) is 3.80. The summed E-state index contributed by atoms with van der Waals surface area (Å²) in [6.07, 6.45) is 7.72. The predicted octanol–water partition coefficient (Wildman–Crippen LogP) is 3.47. The first kappa shape index (κ1) is 19.6. The number of nitrogens with one attached hydrogen (secondary N) is 2. The Kier molecular flexibility index (Phi) is 7.45. The highest BCUT2D eigenvalue weighted by molar-refractivity contribution is 7.09. The summed E-state index contributed by atoms with van der Waals surface area (Å²) in [5, 5.41) is 9.90. The van der Waals surface area contributed by atoms with Gasteiger partial charge in [-0.2, -0.15) is 0 Å². The van der Waals surface area contributed by atoms with Crippen LogP contribution in [0.3, 0.4) is 0 Å². The molecule has 0 bridgehead atoms. The van der Waals surface area contributed by atoms with Crippen molar-refractivity contribution in [2.75, 3.05) is 13.1 Å². The van der Waals surface area contributed by atoms with Crippen molar-refractivity contribution < 1.29 is 4.74 Å². The van der Waals surface area contributed by atoms with Crippen LogP contribution >= 0.6 is 11.3 Å². The topological polar surface area (TPSA) is 71.4 Å². The molecule has 146 valence electrons. The van der Waals surface area contributed by atoms with Crippen molar-refractivity contribution in [3.05, 3.63) is 40.0 Å². The van der Waals surface area contributed by atoms with Crippen molar-refractivity contribution in [1.29, 1.82) is 0 Å². The van der Waals surface area contributed by atoms with E-state index in [1.807, 2.05) is 19.1 Å². The van der Waals surface area contributed by atoms with E-state index < -0.39 is 0 Å². The highest BCUT2D eigenvalue weighted by atomic mass is 32.1. The molecular formula is C20H29N5OS. The Morgan fingerprint density at radius 1 is 1.33 bits per heavy atom. The second-order valence-electron chi connectivity index (χ2n) is 6.72. The molecule has 1 fully saturated rings. The average Bonchev–Trinajstić information content (AvgIpc) is 3.32. The van der Waals surface area contributed by atoms with Gasteiger partial charge in [-0.05, 0) is 45.6 Å². The minimum absolute atomic E-state index is 0.301. The lowest BCUT2D eigenvalue weighted by Gasteiger charge is -2.15. The van der Waals surface area contributed by atoms with Gasteiger partial charge in [-0.1, -0.05) is 6.07 Å². The highest BCUT2D eigenvalue weighted by Crippen LogP contribution is 2.25. The summed E-state index contributed by atoms with van der Waals surface area (Å²) < 4.78 is 6.11. The molecule has 2 heterocycles. The van der Waals surface area contributed by atoms with Crippen LogP contribution in [0.25, 0.3) is 0 Å². The van der Waals surface area contributed by atoms with E-state index >= 15 is 0 Å². The lowest BCUT2D eigenvalue weighted by Crippen LogP contribution is -2.38. The molecule has 2 N–H and O–H groups in total. The van der Waals surface area contributed by atoms with Gasteiger partial charge in [0.15, 0.2) is 5.96 Å². The Balaban J connectivity index is 1.57. The SMILES string of the molecule is CCNC(=NCc1cccnc1OC1CCCC1)NCCc1csc(C)n1. The number of hydrogen-bond acceptors (Lipinski definition) is 5. The van der Waals surface area contributed by atoms with Crippen LogP contribution in [0.4, 0.5) is 0 Å². The summed E-state index contributed by atoms with van der Waals surface area (Å²) in [4.78, 5) is 13.6. The number of nitrogens with zero attached hydrogens (tertiary/aromatic N) is 3. The second kappa shape index (κ2) is 10.3. The van der Waals surface area contributed by atoms with E-state index in [9.17, 15) is 0 Å². The van der Waals surface area contributed by atoms with E-state index in [2.05, 4.69) is 32.9 Å². The van der Waals surface area contributed by atoms with Crippen molar-refractivity contribution in [2.45, 2.75) is 58.6 Å². The molecule has 0 aromatic carbocycles. The molecule has 27 heavy (non-hydrogen) atoms. The van der Waals surface area contributed by atoms with Crippen molar-refractivity contribution in [3.63, 3.8) is 0 Å². The quantitative estimate of drug-likeness (QED) is 0.536. The lowest BCUT2D eigenvalue weighted by atomic mass is 10.2. The van der Waals surface area contributed by atoms with E-state index in [4.69, 9.17) is 9.73 Å². The van der Waals surface area contributed by atoms with E-state index in [0.717, 1.165) is 60.5 Å². The smallest absolute Gasteiger partial charge is 0.218 e. The Bertz CT molecular complexity index is 739. The van der Waals surface area contributed by atoms with Crippen LogP contribution in [0.1, 0.15) is 48.9 Å². The summed E-state index contributed by atoms with van der Waals surface area (Å²) in [6, 6.07) is 3.99. The van der Waals surface area contributed by atoms with Gasteiger partial charge in [-0.3, -0.25) is 0 Å². The maximum atomic E-state index is 6.11. The minimum atomic E-state index is 0.301. The first-order valence-electron chi connectivity index (χ1n) is 9.78. The molecular weight excluding hydrogens is 358 g/mol. The normalized spacial score (nSPS) is 15.1. The van der Waals surface area contributed by atoms with Crippen LogP contribution in [0.2, 0.25) is 0 Å². The van der Waals surface area contributed by atoms with Gasteiger partial charge in [0.25, 0.3) is 0 Å². The molecule has 1 aliphatic carbocycles. The number of aliphatic imine (C=N–C) groups is 1. The van der Waals surface area contributed by atoms with Gasteiger partial charge in [0, 0.05) is 36.7 Å². The summed E-state index contributed by atoms with van der Waals surface area (Å²) in [7, 11) is 0. The van der Waals surface area contributed by atoms with E-state index in [-0.39, 0.29) is 0 Å². The highest BCUT2D eigenvalue weighted by Gasteiger charge is 2.18. The number of aromatic nitrogens is 2. The summed E-state index contributed by atoms with van der Waals surface area (Å²) in [5.41, 5.74) is 2.15. The number of ether oxygens (including phenoxy) is 1. The molecule has 2 aromatic heterocycles. The van der Waals surface area contributed by atoms with Crippen LogP contribution in [0.15, 0.2) is 28.7 Å². The predicted molar refractivity (Wildman–Crippen MR) is 110 cm³/mol. The third-order valence-electron chi connectivity index (χ3n) is 4.52. The molecule has 0 atom stereocenters. The van der Waals surface area contributed by atoms with Gasteiger partial charge in [0.05, 0.1) is 17.2 Å². The Hall–Kier alpha value is -2.15. The van der Waals surface area contributed by atoms with Crippen molar-refractivity contribution >= 4 is 17.3 Å². The van der Waals surface area contributed by atoms with Gasteiger partial charge in [-0.25, -0.2) is 15.0 Å². The fourth-order valence-electron chi connectivity index (χ4n) is 3.15. The standard InChI is InChI=1S/C20H29N5OS/c1-3-21-20(23-12-10-17-14-27-15(2)25-17)24-13-16-7-6-11-22-19(16)26-18-8-4-5-9-18/h6-7,11,14,18H,3-5,8-10,12-13H2,1-2H3,(H2,21,23,24). The van der Waals surface area contributed by atoms with Gasteiger partial charge < -0.3 is 15.4 Å². The molecule has 0 radical (unpaired) electrons.